The molecular formula is C13H16Cl2O2. The molecule has 1 aromatic rings. The number of carbonyl (C=O) groups excluding carboxylic acids is 1. The predicted molar refractivity (Wildman–Crippen MR) is 70.7 cm³/mol. The van der Waals surface area contributed by atoms with Crippen LogP contribution in [0.4, 0.5) is 0 Å². The maximum atomic E-state index is 11.5. The van der Waals surface area contributed by atoms with Crippen molar-refractivity contribution in [3.8, 4) is 0 Å². The molecule has 4 heteroatoms. The van der Waals surface area contributed by atoms with Gasteiger partial charge in [0, 0.05) is 10.0 Å². The van der Waals surface area contributed by atoms with Gasteiger partial charge in [-0.3, -0.25) is 4.79 Å². The predicted octanol–water partition coefficient (Wildman–Crippen LogP) is 4.44. The molecule has 0 aliphatic heterocycles. The van der Waals surface area contributed by atoms with E-state index in [-0.39, 0.29) is 11.9 Å². The zero-order chi connectivity index (χ0) is 12.8. The van der Waals surface area contributed by atoms with Crippen molar-refractivity contribution in [3.05, 3.63) is 33.8 Å². The first-order valence-electron chi connectivity index (χ1n) is 5.65. The van der Waals surface area contributed by atoms with Crippen molar-refractivity contribution < 1.29 is 9.53 Å². The first-order valence-corrected chi connectivity index (χ1v) is 6.40. The molecule has 0 saturated carbocycles. The molecule has 0 bridgehead atoms. The van der Waals surface area contributed by atoms with Crippen LogP contribution in [0, 0.1) is 0 Å². The summed E-state index contributed by atoms with van der Waals surface area (Å²) in [6, 6.07) is 5.31. The van der Waals surface area contributed by atoms with Crippen LogP contribution in [0.2, 0.25) is 10.0 Å². The highest BCUT2D eigenvalue weighted by molar-refractivity contribution is 6.35. The van der Waals surface area contributed by atoms with Gasteiger partial charge in [-0.05, 0) is 30.0 Å². The van der Waals surface area contributed by atoms with Crippen molar-refractivity contribution in [1.29, 1.82) is 0 Å². The lowest BCUT2D eigenvalue weighted by Crippen LogP contribution is -2.09. The molecular weight excluding hydrogens is 259 g/mol. The number of esters is 1. The molecule has 0 spiro atoms. The molecule has 1 atom stereocenters. The molecule has 0 aliphatic carbocycles. The molecule has 2 nitrogen and oxygen atoms in total. The number of ether oxygens (including phenoxy) is 1. The lowest BCUT2D eigenvalue weighted by Gasteiger charge is -2.13. The van der Waals surface area contributed by atoms with Gasteiger partial charge in [0.1, 0.15) is 0 Å². The Kier molecular flexibility index (Phi) is 5.79. The normalized spacial score (nSPS) is 12.2. The fourth-order valence-corrected chi connectivity index (χ4v) is 2.13. The van der Waals surface area contributed by atoms with Crippen LogP contribution in [-0.4, -0.2) is 12.6 Å². The Morgan fingerprint density at radius 1 is 1.41 bits per heavy atom. The minimum Gasteiger partial charge on any atom is -0.466 e. The van der Waals surface area contributed by atoms with Crippen LogP contribution in [-0.2, 0) is 9.53 Å². The lowest BCUT2D eigenvalue weighted by molar-refractivity contribution is -0.144. The smallest absolute Gasteiger partial charge is 0.306 e. The number of carbonyl (C=O) groups is 1. The van der Waals surface area contributed by atoms with Gasteiger partial charge in [-0.2, -0.15) is 0 Å². The van der Waals surface area contributed by atoms with Gasteiger partial charge in [-0.15, -0.1) is 0 Å². The highest BCUT2D eigenvalue weighted by Gasteiger charge is 2.15. The van der Waals surface area contributed by atoms with Crippen molar-refractivity contribution in [2.45, 2.75) is 32.6 Å². The molecule has 1 unspecified atom stereocenters. The minimum absolute atomic E-state index is 0.0316. The maximum Gasteiger partial charge on any atom is 0.306 e. The van der Waals surface area contributed by atoms with E-state index < -0.39 is 0 Å². The third-order valence-electron chi connectivity index (χ3n) is 2.43. The van der Waals surface area contributed by atoms with E-state index in [1.54, 1.807) is 12.1 Å². The summed E-state index contributed by atoms with van der Waals surface area (Å²) in [4.78, 5) is 11.5. The van der Waals surface area contributed by atoms with E-state index in [4.69, 9.17) is 27.9 Å². The van der Waals surface area contributed by atoms with E-state index in [9.17, 15) is 4.79 Å². The van der Waals surface area contributed by atoms with Gasteiger partial charge < -0.3 is 4.74 Å². The first-order chi connectivity index (χ1) is 8.04. The van der Waals surface area contributed by atoms with E-state index in [1.807, 2.05) is 19.9 Å². The fourth-order valence-electron chi connectivity index (χ4n) is 1.54. The Morgan fingerprint density at radius 2 is 2.12 bits per heavy atom. The largest absolute Gasteiger partial charge is 0.466 e. The van der Waals surface area contributed by atoms with Gasteiger partial charge in [0.25, 0.3) is 0 Å². The van der Waals surface area contributed by atoms with E-state index in [2.05, 4.69) is 0 Å². The molecule has 0 amide bonds. The molecule has 0 radical (unpaired) electrons. The Balaban J connectivity index is 2.63. The van der Waals surface area contributed by atoms with Gasteiger partial charge in [0.05, 0.1) is 13.0 Å². The van der Waals surface area contributed by atoms with Gasteiger partial charge in [-0.25, -0.2) is 0 Å². The molecule has 0 fully saturated rings. The van der Waals surface area contributed by atoms with Crippen LogP contribution in [0.25, 0.3) is 0 Å². The first kappa shape index (κ1) is 14.3. The molecule has 0 aliphatic rings. The van der Waals surface area contributed by atoms with Crippen molar-refractivity contribution in [3.63, 3.8) is 0 Å². The van der Waals surface area contributed by atoms with Crippen LogP contribution in [0.3, 0.4) is 0 Å². The second kappa shape index (κ2) is 6.87. The SMILES string of the molecule is CCCOC(=O)CC(C)c1ccc(Cl)cc1Cl. The summed E-state index contributed by atoms with van der Waals surface area (Å²) in [7, 11) is 0. The van der Waals surface area contributed by atoms with Gasteiger partial charge >= 0.3 is 5.97 Å². The number of benzene rings is 1. The molecule has 1 aromatic carbocycles. The minimum atomic E-state index is -0.189. The third kappa shape index (κ3) is 4.57. The average molecular weight is 275 g/mol. The Hall–Kier alpha value is -0.730. The van der Waals surface area contributed by atoms with Crippen LogP contribution in [0.5, 0.6) is 0 Å². The summed E-state index contributed by atoms with van der Waals surface area (Å²) in [5.41, 5.74) is 0.921. The summed E-state index contributed by atoms with van der Waals surface area (Å²) < 4.78 is 5.04. The molecule has 1 rings (SSSR count). The summed E-state index contributed by atoms with van der Waals surface area (Å²) in [5.74, 6) is -0.158. The monoisotopic (exact) mass is 274 g/mol. The molecule has 0 aromatic heterocycles. The third-order valence-corrected chi connectivity index (χ3v) is 3.00. The summed E-state index contributed by atoms with van der Waals surface area (Å²) in [6.45, 7) is 4.38. The highest BCUT2D eigenvalue weighted by Crippen LogP contribution is 2.29. The molecule has 0 heterocycles. The van der Waals surface area contributed by atoms with E-state index in [0.717, 1.165) is 12.0 Å². The number of hydrogen-bond acceptors (Lipinski definition) is 2. The number of hydrogen-bond donors (Lipinski definition) is 0. The zero-order valence-electron chi connectivity index (χ0n) is 10.0. The Labute approximate surface area is 112 Å². The second-order valence-corrected chi connectivity index (χ2v) is 4.84. The lowest BCUT2D eigenvalue weighted by atomic mass is 9.98. The van der Waals surface area contributed by atoms with Gasteiger partial charge in [-0.1, -0.05) is 43.1 Å². The van der Waals surface area contributed by atoms with Crippen molar-refractivity contribution in [2.75, 3.05) is 6.61 Å². The van der Waals surface area contributed by atoms with Crippen LogP contribution < -0.4 is 0 Å². The van der Waals surface area contributed by atoms with Crippen LogP contribution >= 0.6 is 23.2 Å². The Morgan fingerprint density at radius 3 is 2.71 bits per heavy atom. The van der Waals surface area contributed by atoms with Crippen molar-refractivity contribution in [1.82, 2.24) is 0 Å². The summed E-state index contributed by atoms with van der Waals surface area (Å²) >= 11 is 11.9. The van der Waals surface area contributed by atoms with E-state index in [0.29, 0.717) is 23.1 Å². The maximum absolute atomic E-state index is 11.5. The average Bonchev–Trinajstić information content (AvgIpc) is 2.26. The molecule has 17 heavy (non-hydrogen) atoms. The standard InChI is InChI=1S/C13H16Cl2O2/c1-3-6-17-13(16)7-9(2)11-5-4-10(14)8-12(11)15/h4-5,8-9H,3,6-7H2,1-2H3. The highest BCUT2D eigenvalue weighted by atomic mass is 35.5. The fraction of sp³-hybridized carbons (Fsp3) is 0.462. The zero-order valence-corrected chi connectivity index (χ0v) is 11.5. The number of rotatable bonds is 5. The van der Waals surface area contributed by atoms with E-state index >= 15 is 0 Å². The quantitative estimate of drug-likeness (QED) is 0.742. The summed E-state index contributed by atoms with van der Waals surface area (Å²) in [5, 5.41) is 1.19. The molecule has 0 N–H and O–H groups in total. The van der Waals surface area contributed by atoms with Gasteiger partial charge in [0.2, 0.25) is 0 Å². The van der Waals surface area contributed by atoms with Crippen molar-refractivity contribution >= 4 is 29.2 Å². The van der Waals surface area contributed by atoms with E-state index in [1.165, 1.54) is 0 Å². The number of halogens is 2. The van der Waals surface area contributed by atoms with Gasteiger partial charge in [0.15, 0.2) is 0 Å². The summed E-state index contributed by atoms with van der Waals surface area (Å²) in [6.07, 6.45) is 1.17. The molecule has 0 saturated heterocycles. The second-order valence-electron chi connectivity index (χ2n) is 3.99. The topological polar surface area (TPSA) is 26.3 Å². The Bertz CT molecular complexity index is 391. The van der Waals surface area contributed by atoms with Crippen LogP contribution in [0.1, 0.15) is 38.2 Å². The molecule has 94 valence electrons. The van der Waals surface area contributed by atoms with Crippen LogP contribution in [0.15, 0.2) is 18.2 Å². The van der Waals surface area contributed by atoms with Crippen molar-refractivity contribution in [2.24, 2.45) is 0 Å².